The zero-order valence-corrected chi connectivity index (χ0v) is 19.7. The Hall–Kier alpha value is -0.200. The van der Waals surface area contributed by atoms with E-state index >= 15 is 0 Å². The molecule has 0 bridgehead atoms. The first-order valence-corrected chi connectivity index (χ1v) is 11.1. The number of benzene rings is 2. The van der Waals surface area contributed by atoms with Gasteiger partial charge in [-0.1, -0.05) is 77.0 Å². The minimum absolute atomic E-state index is 0.387. The van der Waals surface area contributed by atoms with Gasteiger partial charge in [0.15, 0.2) is 0 Å². The van der Waals surface area contributed by atoms with Gasteiger partial charge >= 0.3 is 11.9 Å². The second-order valence-electron chi connectivity index (χ2n) is 4.10. The number of carbonyl (C=O) groups excluding carboxylic acids is 2. The maximum atomic E-state index is 11.7. The van der Waals surface area contributed by atoms with Crippen molar-refractivity contribution in [3.05, 3.63) is 68.6 Å². The third-order valence-electron chi connectivity index (χ3n) is 2.54. The van der Waals surface area contributed by atoms with Gasteiger partial charge in [0.1, 0.15) is 0 Å². The number of alkyl halides is 2. The molecular formula is C16H12Br2I2O4. The van der Waals surface area contributed by atoms with Gasteiger partial charge in [0.05, 0.1) is 13.6 Å². The van der Waals surface area contributed by atoms with Crippen LogP contribution in [0.4, 0.5) is 0 Å². The Morgan fingerprint density at radius 3 is 1.33 bits per heavy atom. The predicted molar refractivity (Wildman–Crippen MR) is 117 cm³/mol. The average Bonchev–Trinajstić information content (AvgIpc) is 2.56. The molecule has 2 rings (SSSR count). The van der Waals surface area contributed by atoms with Crippen molar-refractivity contribution in [3.8, 4) is 0 Å². The molecule has 0 atom stereocenters. The van der Waals surface area contributed by atoms with Gasteiger partial charge in [0.2, 0.25) is 6.79 Å². The van der Waals surface area contributed by atoms with Gasteiger partial charge in [-0.15, -0.1) is 0 Å². The molecule has 2 aromatic carbocycles. The van der Waals surface area contributed by atoms with Crippen molar-refractivity contribution >= 4 is 89.0 Å². The van der Waals surface area contributed by atoms with Crippen molar-refractivity contribution in [2.75, 3.05) is 9.23 Å². The molecule has 0 spiro atoms. The van der Waals surface area contributed by atoms with Crippen molar-refractivity contribution in [3.63, 3.8) is 0 Å². The molecule has 2 aromatic rings. The van der Waals surface area contributed by atoms with Crippen LogP contribution in [0.3, 0.4) is 0 Å². The van der Waals surface area contributed by atoms with E-state index in [-0.39, 0.29) is 0 Å². The Kier molecular flexibility index (Phi) is 11.1. The number of rotatable bonds is 4. The minimum Gasteiger partial charge on any atom is -0.424 e. The van der Waals surface area contributed by atoms with E-state index in [1.807, 2.05) is 0 Å². The Morgan fingerprint density at radius 2 is 1.04 bits per heavy atom. The molecule has 4 nitrogen and oxygen atoms in total. The highest BCUT2D eigenvalue weighted by Gasteiger charge is 2.10. The summed E-state index contributed by atoms with van der Waals surface area (Å²) in [5, 5.41) is 0. The molecule has 24 heavy (non-hydrogen) atoms. The van der Waals surface area contributed by atoms with Crippen LogP contribution in [0, 0.1) is 0 Å². The van der Waals surface area contributed by atoms with Gasteiger partial charge < -0.3 is 9.47 Å². The molecule has 0 saturated heterocycles. The largest absolute Gasteiger partial charge is 0.424 e. The molecule has 128 valence electrons. The quantitative estimate of drug-likeness (QED) is 0.172. The summed E-state index contributed by atoms with van der Waals surface area (Å²) < 4.78 is 12.7. The molecule has 0 amide bonds. The lowest BCUT2D eigenvalue weighted by molar-refractivity contribution is -0.0167. The van der Waals surface area contributed by atoms with E-state index in [4.69, 9.17) is 9.47 Å². The van der Waals surface area contributed by atoms with Crippen LogP contribution in [-0.4, -0.2) is 21.2 Å². The van der Waals surface area contributed by atoms with Crippen LogP contribution >= 0.6 is 77.0 Å². The van der Waals surface area contributed by atoms with Crippen molar-refractivity contribution < 1.29 is 19.1 Å². The Labute approximate surface area is 184 Å². The summed E-state index contributed by atoms with van der Waals surface area (Å²) in [7, 11) is 0. The lowest BCUT2D eigenvalue weighted by atomic mass is 10.2. The summed E-state index contributed by atoms with van der Waals surface area (Å²) in [4.78, 5) is 23.4. The fraction of sp³-hybridized carbons (Fsp3) is 0.125. The average molecular weight is 682 g/mol. The van der Waals surface area contributed by atoms with Gasteiger partial charge in [-0.05, 0) is 48.5 Å². The summed E-state index contributed by atoms with van der Waals surface area (Å²) in [6, 6.07) is 13.4. The van der Waals surface area contributed by atoms with Gasteiger partial charge in [0.25, 0.3) is 0 Å². The SMILES string of the molecule is ICI.O=C(OCOC(=O)c1ccc(Br)cc1)c1ccc(Br)cc1. The van der Waals surface area contributed by atoms with Crippen molar-refractivity contribution in [1.29, 1.82) is 0 Å². The van der Waals surface area contributed by atoms with Gasteiger partial charge in [-0.3, -0.25) is 0 Å². The number of esters is 2. The van der Waals surface area contributed by atoms with Crippen LogP contribution in [0.5, 0.6) is 0 Å². The molecule has 0 aliphatic rings. The molecule has 0 aliphatic carbocycles. The first-order chi connectivity index (χ1) is 11.5. The van der Waals surface area contributed by atoms with Crippen LogP contribution < -0.4 is 0 Å². The molecule has 0 unspecified atom stereocenters. The number of ether oxygens (including phenoxy) is 2. The van der Waals surface area contributed by atoms with E-state index in [2.05, 4.69) is 77.0 Å². The lowest BCUT2D eigenvalue weighted by Crippen LogP contribution is -2.13. The van der Waals surface area contributed by atoms with E-state index in [9.17, 15) is 9.59 Å². The van der Waals surface area contributed by atoms with Crippen LogP contribution in [0.25, 0.3) is 0 Å². The van der Waals surface area contributed by atoms with Gasteiger partial charge in [-0.2, -0.15) is 0 Å². The minimum atomic E-state index is -0.550. The first-order valence-electron chi connectivity index (χ1n) is 6.45. The highest BCUT2D eigenvalue weighted by Crippen LogP contribution is 2.12. The highest BCUT2D eigenvalue weighted by molar-refractivity contribution is 14.2. The third kappa shape index (κ3) is 8.26. The zero-order chi connectivity index (χ0) is 17.9. The smallest absolute Gasteiger partial charge is 0.341 e. The second kappa shape index (κ2) is 12.2. The summed E-state index contributed by atoms with van der Waals surface area (Å²) >= 11 is 11.1. The number of hydrogen-bond acceptors (Lipinski definition) is 4. The molecule has 0 radical (unpaired) electrons. The highest BCUT2D eigenvalue weighted by atomic mass is 127. The van der Waals surface area contributed by atoms with E-state index < -0.39 is 18.7 Å². The molecule has 0 aliphatic heterocycles. The lowest BCUT2D eigenvalue weighted by Gasteiger charge is -2.06. The predicted octanol–water partition coefficient (Wildman–Crippen LogP) is 6.00. The normalized spacial score (nSPS) is 9.50. The molecular weight excluding hydrogens is 670 g/mol. The maximum Gasteiger partial charge on any atom is 0.341 e. The second-order valence-corrected chi connectivity index (χ2v) is 10.4. The van der Waals surface area contributed by atoms with Crippen molar-refractivity contribution in [2.24, 2.45) is 0 Å². The van der Waals surface area contributed by atoms with Gasteiger partial charge in [0, 0.05) is 8.95 Å². The third-order valence-corrected chi connectivity index (χ3v) is 3.60. The van der Waals surface area contributed by atoms with E-state index in [1.54, 1.807) is 48.5 Å². The van der Waals surface area contributed by atoms with Gasteiger partial charge in [-0.25, -0.2) is 9.59 Å². The zero-order valence-electron chi connectivity index (χ0n) is 12.2. The van der Waals surface area contributed by atoms with Crippen LogP contribution in [0.1, 0.15) is 20.7 Å². The standard InChI is InChI=1S/C15H10Br2O4.CH2I2/c16-12-5-1-10(2-6-12)14(18)20-9-21-15(19)11-3-7-13(17)8-4-11;2-1-3/h1-8H,9H2;1H2. The van der Waals surface area contributed by atoms with Crippen molar-refractivity contribution in [1.82, 2.24) is 0 Å². The summed E-state index contributed by atoms with van der Waals surface area (Å²) in [5.41, 5.74) is 0.774. The molecule has 0 aromatic heterocycles. The topological polar surface area (TPSA) is 52.6 Å². The fourth-order valence-electron chi connectivity index (χ4n) is 1.48. The number of hydrogen-bond donors (Lipinski definition) is 0. The molecule has 0 fully saturated rings. The van der Waals surface area contributed by atoms with Crippen LogP contribution in [0.2, 0.25) is 0 Å². The molecule has 8 heteroatoms. The molecule has 0 N–H and O–H groups in total. The van der Waals surface area contributed by atoms with E-state index in [0.717, 1.165) is 8.95 Å². The summed E-state index contributed by atoms with van der Waals surface area (Å²) in [5.74, 6) is -1.10. The first kappa shape index (κ1) is 21.8. The van der Waals surface area contributed by atoms with E-state index in [0.29, 0.717) is 11.1 Å². The van der Waals surface area contributed by atoms with Crippen LogP contribution in [0.15, 0.2) is 57.5 Å². The maximum absolute atomic E-state index is 11.7. The fourth-order valence-corrected chi connectivity index (χ4v) is 2.00. The summed E-state index contributed by atoms with van der Waals surface area (Å²) in [6.45, 7) is -0.427. The van der Waals surface area contributed by atoms with Crippen LogP contribution in [-0.2, 0) is 9.47 Å². The Balaban J connectivity index is 0.000000891. The Bertz CT molecular complexity index is 603. The monoisotopic (exact) mass is 680 g/mol. The molecule has 0 heterocycles. The molecule has 0 saturated carbocycles. The van der Waals surface area contributed by atoms with E-state index in [1.165, 1.54) is 2.43 Å². The van der Waals surface area contributed by atoms with Crippen molar-refractivity contribution in [2.45, 2.75) is 0 Å². The summed E-state index contributed by atoms with van der Waals surface area (Å²) in [6.07, 6.45) is 0. The Morgan fingerprint density at radius 1 is 0.750 bits per heavy atom. The number of halogens is 4. The number of carbonyl (C=O) groups is 2.